The predicted octanol–water partition coefficient (Wildman–Crippen LogP) is -0.507. The molecular formula is C7H6BrClN2O3S. The van der Waals surface area contributed by atoms with E-state index in [4.69, 9.17) is 9.95 Å². The lowest BCUT2D eigenvalue weighted by Crippen LogP contribution is -3.00. The molecule has 0 fully saturated rings. The zero-order chi connectivity index (χ0) is 10.9. The van der Waals surface area contributed by atoms with Crippen molar-refractivity contribution in [3.63, 3.8) is 0 Å². The third-order valence-electron chi connectivity index (χ3n) is 1.68. The van der Waals surface area contributed by atoms with Gasteiger partial charge in [0.25, 0.3) is 0 Å². The fourth-order valence-corrected chi connectivity index (χ4v) is 2.39. The Morgan fingerprint density at radius 2 is 2.00 bits per heavy atom. The van der Waals surface area contributed by atoms with Crippen LogP contribution in [-0.2, 0) is 10.1 Å². The summed E-state index contributed by atoms with van der Waals surface area (Å²) < 4.78 is 31.3. The summed E-state index contributed by atoms with van der Waals surface area (Å²) >= 11 is 3.10. The first kappa shape index (κ1) is 14.3. The van der Waals surface area contributed by atoms with Crippen molar-refractivity contribution in [2.75, 3.05) is 0 Å². The lowest BCUT2D eigenvalue weighted by molar-refractivity contribution is -0.00000729. The Morgan fingerprint density at radius 3 is 2.40 bits per heavy atom. The molecule has 0 aliphatic rings. The largest absolute Gasteiger partial charge is 1.00 e. The van der Waals surface area contributed by atoms with E-state index < -0.39 is 15.0 Å². The molecule has 0 saturated carbocycles. The topological polar surface area (TPSA) is 82.5 Å². The highest BCUT2D eigenvalue weighted by atomic mass is 79.9. The average molecular weight is 314 g/mol. The SMILES string of the molecule is Cc1c(Br)ccc([N+]#N)c1S(=O)(=O)O.[Cl-]. The molecule has 82 valence electrons. The Labute approximate surface area is 101 Å². The summed E-state index contributed by atoms with van der Waals surface area (Å²) in [6.07, 6.45) is 0. The molecule has 1 aromatic rings. The maximum atomic E-state index is 10.9. The van der Waals surface area contributed by atoms with Crippen molar-refractivity contribution in [2.24, 2.45) is 0 Å². The Hall–Kier alpha value is -0.680. The number of hydrogen-bond acceptors (Lipinski definition) is 3. The fraction of sp³-hybridized carbons (Fsp3) is 0.143. The summed E-state index contributed by atoms with van der Waals surface area (Å²) in [5.41, 5.74) is 0.107. The highest BCUT2D eigenvalue weighted by Gasteiger charge is 2.28. The molecular weight excluding hydrogens is 308 g/mol. The second kappa shape index (κ2) is 4.90. The molecule has 0 radical (unpaired) electrons. The van der Waals surface area contributed by atoms with Crippen molar-refractivity contribution in [3.8, 4) is 0 Å². The van der Waals surface area contributed by atoms with E-state index in [1.807, 2.05) is 0 Å². The summed E-state index contributed by atoms with van der Waals surface area (Å²) in [6, 6.07) is 2.80. The van der Waals surface area contributed by atoms with Crippen LogP contribution in [0.3, 0.4) is 0 Å². The molecule has 8 heteroatoms. The first-order valence-corrected chi connectivity index (χ1v) is 5.73. The second-order valence-corrected chi connectivity index (χ2v) is 4.81. The van der Waals surface area contributed by atoms with Crippen molar-refractivity contribution >= 4 is 31.7 Å². The van der Waals surface area contributed by atoms with Gasteiger partial charge in [-0.1, -0.05) is 15.9 Å². The van der Waals surface area contributed by atoms with E-state index >= 15 is 0 Å². The summed E-state index contributed by atoms with van der Waals surface area (Å²) in [5.74, 6) is 0. The number of diazo groups is 1. The molecule has 0 aliphatic heterocycles. The monoisotopic (exact) mass is 312 g/mol. The number of rotatable bonds is 1. The zero-order valence-electron chi connectivity index (χ0n) is 7.48. The fourth-order valence-electron chi connectivity index (χ4n) is 1.06. The van der Waals surface area contributed by atoms with Crippen molar-refractivity contribution in [2.45, 2.75) is 11.8 Å². The summed E-state index contributed by atoms with van der Waals surface area (Å²) in [7, 11) is -4.38. The molecule has 5 nitrogen and oxygen atoms in total. The number of hydrogen-bond donors (Lipinski definition) is 1. The highest BCUT2D eigenvalue weighted by Crippen LogP contribution is 2.32. The predicted molar refractivity (Wildman–Crippen MR) is 53.4 cm³/mol. The van der Waals surface area contributed by atoms with Gasteiger partial charge in [0.2, 0.25) is 5.39 Å². The van der Waals surface area contributed by atoms with Gasteiger partial charge in [0.15, 0.2) is 9.87 Å². The molecule has 0 heterocycles. The minimum Gasteiger partial charge on any atom is -1.00 e. The van der Waals surface area contributed by atoms with Gasteiger partial charge in [-0.2, -0.15) is 8.42 Å². The van der Waals surface area contributed by atoms with Crippen molar-refractivity contribution in [3.05, 3.63) is 27.1 Å². The van der Waals surface area contributed by atoms with Crippen LogP contribution >= 0.6 is 15.9 Å². The Morgan fingerprint density at radius 1 is 1.47 bits per heavy atom. The zero-order valence-corrected chi connectivity index (χ0v) is 10.6. The van der Waals surface area contributed by atoms with Crippen LogP contribution in [0.5, 0.6) is 0 Å². The van der Waals surface area contributed by atoms with Crippen molar-refractivity contribution in [1.29, 1.82) is 5.39 Å². The minimum absolute atomic E-state index is 0. The van der Waals surface area contributed by atoms with Crippen LogP contribution in [0, 0.1) is 12.3 Å². The van der Waals surface area contributed by atoms with E-state index in [-0.39, 0.29) is 18.1 Å². The van der Waals surface area contributed by atoms with Crippen LogP contribution < -0.4 is 12.4 Å². The van der Waals surface area contributed by atoms with Gasteiger partial charge >= 0.3 is 15.8 Å². The van der Waals surface area contributed by atoms with E-state index in [0.717, 1.165) is 0 Å². The summed E-state index contributed by atoms with van der Waals surface area (Å²) in [6.45, 7) is 1.49. The average Bonchev–Trinajstić information content (AvgIpc) is 2.07. The molecule has 0 amide bonds. The third kappa shape index (κ3) is 2.89. The van der Waals surface area contributed by atoms with Crippen LogP contribution in [0.1, 0.15) is 5.56 Å². The van der Waals surface area contributed by atoms with Gasteiger partial charge in [-0.25, -0.2) is 0 Å². The first-order chi connectivity index (χ1) is 6.38. The van der Waals surface area contributed by atoms with Crippen LogP contribution in [0.15, 0.2) is 21.5 Å². The van der Waals surface area contributed by atoms with E-state index in [9.17, 15) is 8.42 Å². The molecule has 1 rings (SSSR count). The van der Waals surface area contributed by atoms with Crippen LogP contribution in [0.25, 0.3) is 4.98 Å². The number of nitrogens with zero attached hydrogens (tertiary/aromatic N) is 2. The van der Waals surface area contributed by atoms with Gasteiger partial charge in [0, 0.05) is 10.5 Å². The number of halogens is 2. The molecule has 0 spiro atoms. The first-order valence-electron chi connectivity index (χ1n) is 3.49. The quantitative estimate of drug-likeness (QED) is 0.559. The Bertz CT molecular complexity index is 524. The molecule has 0 atom stereocenters. The lowest BCUT2D eigenvalue weighted by Gasteiger charge is -2.00. The summed E-state index contributed by atoms with van der Waals surface area (Å²) in [4.78, 5) is 2.38. The maximum Gasteiger partial charge on any atom is 0.406 e. The van der Waals surface area contributed by atoms with E-state index in [2.05, 4.69) is 20.9 Å². The maximum absolute atomic E-state index is 10.9. The molecule has 0 bridgehead atoms. The van der Waals surface area contributed by atoms with Crippen molar-refractivity contribution in [1.82, 2.24) is 0 Å². The van der Waals surface area contributed by atoms with Gasteiger partial charge in [0.1, 0.15) is 0 Å². The van der Waals surface area contributed by atoms with Crippen LogP contribution in [-0.4, -0.2) is 13.0 Å². The van der Waals surface area contributed by atoms with Gasteiger partial charge in [-0.15, -0.1) is 0 Å². The molecule has 0 aliphatic carbocycles. The van der Waals surface area contributed by atoms with Gasteiger partial charge in [-0.05, 0) is 18.6 Å². The Balaban J connectivity index is 0.00000196. The molecule has 1 N–H and O–H groups in total. The van der Waals surface area contributed by atoms with E-state index in [1.54, 1.807) is 0 Å². The van der Waals surface area contributed by atoms with E-state index in [1.165, 1.54) is 19.1 Å². The molecule has 15 heavy (non-hydrogen) atoms. The lowest BCUT2D eigenvalue weighted by atomic mass is 10.2. The second-order valence-electron chi connectivity index (χ2n) is 2.60. The van der Waals surface area contributed by atoms with E-state index in [0.29, 0.717) is 10.0 Å². The van der Waals surface area contributed by atoms with Crippen molar-refractivity contribution < 1.29 is 25.4 Å². The number of benzene rings is 1. The van der Waals surface area contributed by atoms with Gasteiger partial charge < -0.3 is 12.4 Å². The molecule has 1 aromatic carbocycles. The van der Waals surface area contributed by atoms with Crippen LogP contribution in [0.2, 0.25) is 0 Å². The summed E-state index contributed by atoms with van der Waals surface area (Å²) in [5, 5.41) is 8.53. The van der Waals surface area contributed by atoms with Gasteiger partial charge in [-0.3, -0.25) is 4.55 Å². The smallest absolute Gasteiger partial charge is 0.406 e. The normalized spacial score (nSPS) is 10.3. The molecule has 0 unspecified atom stereocenters. The molecule has 0 saturated heterocycles. The standard InChI is InChI=1S/C7H5BrN2O3S.ClH/c1-4-5(8)2-3-6(10-9)7(4)14(11,12)13;/h2-3H,1H3;1H. The van der Waals surface area contributed by atoms with Gasteiger partial charge in [0.05, 0.1) is 0 Å². The molecule has 0 aromatic heterocycles. The minimum atomic E-state index is -4.38. The van der Waals surface area contributed by atoms with Crippen LogP contribution in [0.4, 0.5) is 5.69 Å². The third-order valence-corrected chi connectivity index (χ3v) is 3.58. The highest BCUT2D eigenvalue weighted by molar-refractivity contribution is 9.10. The Kier molecular flexibility index (Phi) is 4.67.